The minimum atomic E-state index is -0.565. The summed E-state index contributed by atoms with van der Waals surface area (Å²) in [6.45, 7) is 3.73. The summed E-state index contributed by atoms with van der Waals surface area (Å²) in [6.07, 6.45) is 0.169. The molecule has 0 spiro atoms. The Hall–Kier alpha value is -2.34. The Morgan fingerprint density at radius 3 is 2.35 bits per heavy atom. The Labute approximate surface area is 133 Å². The zero-order valence-electron chi connectivity index (χ0n) is 13.4. The summed E-state index contributed by atoms with van der Waals surface area (Å²) in [5, 5.41) is 10.6. The first-order valence-corrected chi connectivity index (χ1v) is 7.36. The molecule has 0 radical (unpaired) electrons. The fourth-order valence-electron chi connectivity index (χ4n) is 3.36. The van der Waals surface area contributed by atoms with E-state index in [1.165, 1.54) is 14.2 Å². The molecule has 122 valence electrons. The standard InChI is InChI=1S/C17H18O6/c1-7-5-9-6-10-12(14(19)11(9)8(2)23-7)15(20)17(22-4)16(21-3)13(10)18/h6-8,19H,5H2,1-4H3/t7-,8+/m0/s1. The first-order chi connectivity index (χ1) is 10.9. The molecule has 6 heteroatoms. The van der Waals surface area contributed by atoms with Gasteiger partial charge < -0.3 is 19.3 Å². The van der Waals surface area contributed by atoms with Crippen LogP contribution in [0.2, 0.25) is 0 Å². The number of hydrogen-bond acceptors (Lipinski definition) is 6. The largest absolute Gasteiger partial charge is 0.507 e. The van der Waals surface area contributed by atoms with Gasteiger partial charge in [-0.1, -0.05) is 0 Å². The van der Waals surface area contributed by atoms with Crippen LogP contribution in [0.3, 0.4) is 0 Å². The molecular formula is C17H18O6. The van der Waals surface area contributed by atoms with Crippen molar-refractivity contribution in [2.45, 2.75) is 32.5 Å². The normalized spacial score (nSPS) is 23.5. The Morgan fingerprint density at radius 1 is 1.13 bits per heavy atom. The summed E-state index contributed by atoms with van der Waals surface area (Å²) in [4.78, 5) is 25.2. The highest BCUT2D eigenvalue weighted by Gasteiger charge is 2.40. The number of allylic oxidation sites excluding steroid dienone is 2. The molecule has 1 heterocycles. The van der Waals surface area contributed by atoms with Gasteiger partial charge in [0.25, 0.3) is 0 Å². The molecule has 0 fully saturated rings. The lowest BCUT2D eigenvalue weighted by molar-refractivity contribution is -0.00610. The lowest BCUT2D eigenvalue weighted by Crippen LogP contribution is -2.28. The van der Waals surface area contributed by atoms with Crippen LogP contribution in [0, 0.1) is 0 Å². The van der Waals surface area contributed by atoms with E-state index in [1.54, 1.807) is 6.07 Å². The fourth-order valence-corrected chi connectivity index (χ4v) is 3.36. The number of ether oxygens (including phenoxy) is 3. The van der Waals surface area contributed by atoms with Crippen molar-refractivity contribution in [3.63, 3.8) is 0 Å². The SMILES string of the molecule is COC1=C(OC)C(=O)c2c(cc3c(c2O)[C@@H](C)O[C@@H](C)C3)C1=O. The van der Waals surface area contributed by atoms with Crippen LogP contribution >= 0.6 is 0 Å². The van der Waals surface area contributed by atoms with Crippen LogP contribution in [0.25, 0.3) is 0 Å². The highest BCUT2D eigenvalue weighted by molar-refractivity contribution is 6.26. The van der Waals surface area contributed by atoms with E-state index in [0.29, 0.717) is 12.0 Å². The van der Waals surface area contributed by atoms with Crippen molar-refractivity contribution in [3.05, 3.63) is 39.8 Å². The summed E-state index contributed by atoms with van der Waals surface area (Å²) >= 11 is 0. The van der Waals surface area contributed by atoms with Crippen LogP contribution in [0.15, 0.2) is 17.6 Å². The van der Waals surface area contributed by atoms with E-state index in [1.807, 2.05) is 13.8 Å². The van der Waals surface area contributed by atoms with Gasteiger partial charge in [-0.15, -0.1) is 0 Å². The molecule has 1 aliphatic heterocycles. The van der Waals surface area contributed by atoms with Gasteiger partial charge in [0.1, 0.15) is 5.75 Å². The lowest BCUT2D eigenvalue weighted by Gasteiger charge is -2.31. The number of phenolic OH excluding ortho intramolecular Hbond substituents is 1. The van der Waals surface area contributed by atoms with Gasteiger partial charge in [0.05, 0.1) is 32.0 Å². The molecule has 2 atom stereocenters. The maximum atomic E-state index is 12.6. The molecule has 23 heavy (non-hydrogen) atoms. The number of Topliss-reactive ketones (excluding diaryl/α,β-unsaturated/α-hetero) is 2. The molecule has 6 nitrogen and oxygen atoms in total. The average molecular weight is 318 g/mol. The highest BCUT2D eigenvalue weighted by Crippen LogP contribution is 2.43. The number of fused-ring (bicyclic) bond motifs is 2. The van der Waals surface area contributed by atoms with Crippen molar-refractivity contribution in [3.8, 4) is 5.75 Å². The minimum absolute atomic E-state index is 0.0312. The molecule has 2 aliphatic rings. The molecule has 0 bridgehead atoms. The third kappa shape index (κ3) is 2.13. The second-order valence-corrected chi connectivity index (χ2v) is 5.74. The van der Waals surface area contributed by atoms with Gasteiger partial charge in [-0.2, -0.15) is 0 Å². The highest BCUT2D eigenvalue weighted by atomic mass is 16.5. The smallest absolute Gasteiger partial charge is 0.236 e. The van der Waals surface area contributed by atoms with Crippen LogP contribution in [-0.2, 0) is 20.6 Å². The summed E-state index contributed by atoms with van der Waals surface area (Å²) in [5.74, 6) is -1.58. The molecule has 0 saturated heterocycles. The van der Waals surface area contributed by atoms with Crippen LogP contribution in [-0.4, -0.2) is 37.0 Å². The first-order valence-electron chi connectivity index (χ1n) is 7.36. The zero-order valence-corrected chi connectivity index (χ0v) is 13.4. The molecule has 1 aromatic carbocycles. The predicted molar refractivity (Wildman–Crippen MR) is 80.5 cm³/mol. The van der Waals surface area contributed by atoms with Crippen molar-refractivity contribution in [2.75, 3.05) is 14.2 Å². The van der Waals surface area contributed by atoms with Gasteiger partial charge in [-0.3, -0.25) is 9.59 Å². The van der Waals surface area contributed by atoms with Gasteiger partial charge >= 0.3 is 0 Å². The van der Waals surface area contributed by atoms with E-state index in [0.717, 1.165) is 5.56 Å². The summed E-state index contributed by atoms with van der Waals surface area (Å²) in [6, 6.07) is 1.66. The third-order valence-corrected chi connectivity index (χ3v) is 4.27. The Balaban J connectivity index is 2.28. The maximum absolute atomic E-state index is 12.6. The maximum Gasteiger partial charge on any atom is 0.236 e. The minimum Gasteiger partial charge on any atom is -0.507 e. The molecule has 1 aliphatic carbocycles. The van der Waals surface area contributed by atoms with Gasteiger partial charge in [0.15, 0.2) is 0 Å². The number of aromatic hydroxyl groups is 1. The van der Waals surface area contributed by atoms with Crippen LogP contribution in [0.5, 0.6) is 5.75 Å². The summed E-state index contributed by atoms with van der Waals surface area (Å²) < 4.78 is 15.8. The number of methoxy groups -OCH3 is 2. The van der Waals surface area contributed by atoms with E-state index in [2.05, 4.69) is 0 Å². The van der Waals surface area contributed by atoms with E-state index < -0.39 is 11.6 Å². The Kier molecular flexibility index (Phi) is 3.64. The number of hydrogen-bond donors (Lipinski definition) is 1. The number of carbonyl (C=O) groups is 2. The van der Waals surface area contributed by atoms with Crippen molar-refractivity contribution < 1.29 is 28.9 Å². The fraction of sp³-hybridized carbons (Fsp3) is 0.412. The van der Waals surface area contributed by atoms with E-state index in [4.69, 9.17) is 14.2 Å². The van der Waals surface area contributed by atoms with Gasteiger partial charge in [0, 0.05) is 11.1 Å². The van der Waals surface area contributed by atoms with Crippen molar-refractivity contribution >= 4 is 11.6 Å². The molecule has 1 aromatic rings. The van der Waals surface area contributed by atoms with Gasteiger partial charge in [-0.25, -0.2) is 0 Å². The molecule has 0 amide bonds. The number of rotatable bonds is 2. The number of phenols is 1. The van der Waals surface area contributed by atoms with Crippen LogP contribution in [0.1, 0.15) is 51.8 Å². The van der Waals surface area contributed by atoms with Gasteiger partial charge in [-0.05, 0) is 31.9 Å². The molecule has 0 saturated carbocycles. The molecular weight excluding hydrogens is 300 g/mol. The van der Waals surface area contributed by atoms with Crippen LogP contribution < -0.4 is 0 Å². The van der Waals surface area contributed by atoms with E-state index in [-0.39, 0.29) is 40.6 Å². The second kappa shape index (κ2) is 5.38. The first kappa shape index (κ1) is 15.6. The summed E-state index contributed by atoms with van der Waals surface area (Å²) in [5.41, 5.74) is 1.46. The summed E-state index contributed by atoms with van der Waals surface area (Å²) in [7, 11) is 2.59. The van der Waals surface area contributed by atoms with E-state index in [9.17, 15) is 14.7 Å². The van der Waals surface area contributed by atoms with Crippen molar-refractivity contribution in [1.82, 2.24) is 0 Å². The quantitative estimate of drug-likeness (QED) is 0.901. The Bertz CT molecular complexity index is 746. The predicted octanol–water partition coefficient (Wildman–Crippen LogP) is 2.30. The molecule has 0 aromatic heterocycles. The lowest BCUT2D eigenvalue weighted by atomic mass is 9.83. The average Bonchev–Trinajstić information content (AvgIpc) is 2.49. The third-order valence-electron chi connectivity index (χ3n) is 4.27. The van der Waals surface area contributed by atoms with Crippen molar-refractivity contribution in [2.24, 2.45) is 0 Å². The Morgan fingerprint density at radius 2 is 1.74 bits per heavy atom. The van der Waals surface area contributed by atoms with Gasteiger partial charge in [0.2, 0.25) is 23.1 Å². The number of ketones is 2. The number of benzene rings is 1. The number of carbonyl (C=O) groups excluding carboxylic acids is 2. The molecule has 1 N–H and O–H groups in total. The monoisotopic (exact) mass is 318 g/mol. The second-order valence-electron chi connectivity index (χ2n) is 5.74. The molecule has 0 unspecified atom stereocenters. The molecule has 3 rings (SSSR count). The topological polar surface area (TPSA) is 82.1 Å². The van der Waals surface area contributed by atoms with Crippen molar-refractivity contribution in [1.29, 1.82) is 0 Å². The van der Waals surface area contributed by atoms with E-state index >= 15 is 0 Å². The zero-order chi connectivity index (χ0) is 16.9. The van der Waals surface area contributed by atoms with Crippen LogP contribution in [0.4, 0.5) is 0 Å².